The molecule has 0 heterocycles. The van der Waals surface area contributed by atoms with Crippen molar-refractivity contribution in [3.05, 3.63) is 23.8 Å². The fourth-order valence-electron chi connectivity index (χ4n) is 11.4. The first-order valence-electron chi connectivity index (χ1n) is 18.4. The predicted molar refractivity (Wildman–Crippen MR) is 188 cm³/mol. The number of nitrogens with two attached hydrogens (primary N) is 3. The monoisotopic (exact) mass is 612 g/mol. The van der Waals surface area contributed by atoms with Gasteiger partial charge in [0.25, 0.3) is 0 Å². The van der Waals surface area contributed by atoms with Crippen LogP contribution < -0.4 is 17.2 Å². The molecule has 1 aromatic carbocycles. The van der Waals surface area contributed by atoms with Crippen molar-refractivity contribution in [3.63, 3.8) is 0 Å². The Morgan fingerprint density at radius 1 is 0.841 bits per heavy atom. The maximum absolute atomic E-state index is 13.6. The number of hydrogen-bond acceptors (Lipinski definition) is 5. The van der Waals surface area contributed by atoms with Gasteiger partial charge in [0.15, 0.2) is 5.78 Å². The van der Waals surface area contributed by atoms with Crippen molar-refractivity contribution in [1.82, 2.24) is 0 Å². The van der Waals surface area contributed by atoms with Crippen molar-refractivity contribution >= 4 is 17.2 Å². The van der Waals surface area contributed by atoms with Crippen LogP contribution in [-0.4, -0.2) is 23.0 Å². The van der Waals surface area contributed by atoms with Gasteiger partial charge in [0, 0.05) is 34.8 Å². The first kappa shape index (κ1) is 36.9. The molecule has 4 saturated carbocycles. The molecule has 0 aliphatic heterocycles. The zero-order valence-electron chi connectivity index (χ0n) is 29.9. The van der Waals surface area contributed by atoms with Crippen molar-refractivity contribution in [2.24, 2.45) is 57.5 Å². The maximum Gasteiger partial charge on any atom is 0.163 e. The van der Waals surface area contributed by atoms with Gasteiger partial charge in [-0.2, -0.15) is 0 Å². The van der Waals surface area contributed by atoms with Crippen molar-refractivity contribution < 1.29 is 9.90 Å². The van der Waals surface area contributed by atoms with Crippen LogP contribution in [0.4, 0.5) is 11.4 Å². The molecule has 44 heavy (non-hydrogen) atoms. The Bertz CT molecular complexity index is 1070. The van der Waals surface area contributed by atoms with Gasteiger partial charge in [-0.25, -0.2) is 0 Å². The van der Waals surface area contributed by atoms with Crippen molar-refractivity contribution in [3.8, 4) is 0 Å². The smallest absolute Gasteiger partial charge is 0.163 e. The molecule has 5 rings (SSSR count). The van der Waals surface area contributed by atoms with Crippen LogP contribution in [-0.2, 0) is 0 Å². The van der Waals surface area contributed by atoms with Crippen LogP contribution in [0.3, 0.4) is 0 Å². The number of carbonyl (C=O) groups excluding carboxylic acids is 1. The zero-order chi connectivity index (χ0) is 33.0. The van der Waals surface area contributed by atoms with Gasteiger partial charge >= 0.3 is 0 Å². The van der Waals surface area contributed by atoms with E-state index in [4.69, 9.17) is 17.2 Å². The minimum atomic E-state index is -0.453. The lowest BCUT2D eigenvalue weighted by Gasteiger charge is -2.65. The standard InChI is InChI=1S/C35H57N3O2.2C2H6/c1-21(7-6-8-22(2)36)27-10-11-28-26-9-12-31-34(4,29(26)13-15-33(27,28)3)16-14-32(40)35(31,5)20-30(39)23-17-24(37)19-25(38)18-23;2*1-2/h17-19,21-22,26-29,31-32,40H,6-16,20,36-38H2,1-5H3;2*1-2H3. The number of hydrogen-bond donors (Lipinski definition) is 4. The molecule has 0 bridgehead atoms. The lowest BCUT2D eigenvalue weighted by atomic mass is 9.40. The summed E-state index contributed by atoms with van der Waals surface area (Å²) in [7, 11) is 0. The highest BCUT2D eigenvalue weighted by Crippen LogP contribution is 2.70. The van der Waals surface area contributed by atoms with E-state index in [0.29, 0.717) is 46.7 Å². The molecule has 4 aliphatic rings. The van der Waals surface area contributed by atoms with Crippen LogP contribution in [0, 0.1) is 51.8 Å². The van der Waals surface area contributed by atoms with Crippen LogP contribution in [0.1, 0.15) is 150 Å². The average Bonchev–Trinajstić information content (AvgIpc) is 3.34. The second-order valence-electron chi connectivity index (χ2n) is 15.7. The van der Waals surface area contributed by atoms with E-state index in [0.717, 1.165) is 49.4 Å². The third kappa shape index (κ3) is 6.89. The molecule has 1 aromatic rings. The van der Waals surface area contributed by atoms with E-state index >= 15 is 0 Å². The molecular formula is C39H69N3O2. The first-order valence-corrected chi connectivity index (χ1v) is 18.4. The van der Waals surface area contributed by atoms with E-state index in [-0.39, 0.29) is 11.2 Å². The summed E-state index contributed by atoms with van der Waals surface area (Å²) in [5.41, 5.74) is 19.9. The van der Waals surface area contributed by atoms with E-state index in [9.17, 15) is 9.90 Å². The van der Waals surface area contributed by atoms with E-state index in [1.165, 1.54) is 44.9 Å². The van der Waals surface area contributed by atoms with E-state index in [1.54, 1.807) is 18.2 Å². The first-order chi connectivity index (χ1) is 20.8. The Morgan fingerprint density at radius 3 is 2.05 bits per heavy atom. The lowest BCUT2D eigenvalue weighted by molar-refractivity contribution is -0.183. The number of nitrogen functional groups attached to an aromatic ring is 2. The summed E-state index contributed by atoms with van der Waals surface area (Å²) in [4.78, 5) is 13.6. The normalized spacial score (nSPS) is 38.8. The summed E-state index contributed by atoms with van der Waals surface area (Å²) in [5, 5.41) is 11.5. The largest absolute Gasteiger partial charge is 0.399 e. The highest BCUT2D eigenvalue weighted by Gasteiger charge is 2.64. The van der Waals surface area contributed by atoms with Crippen molar-refractivity contribution in [2.45, 2.75) is 152 Å². The van der Waals surface area contributed by atoms with Crippen LogP contribution in [0.15, 0.2) is 18.2 Å². The van der Waals surface area contributed by atoms with E-state index in [1.807, 2.05) is 27.7 Å². The summed E-state index contributed by atoms with van der Waals surface area (Å²) in [6.07, 6.45) is 13.3. The summed E-state index contributed by atoms with van der Waals surface area (Å²) >= 11 is 0. The number of aliphatic hydroxyl groups excluding tert-OH is 1. The van der Waals surface area contributed by atoms with Crippen LogP contribution >= 0.6 is 0 Å². The fourth-order valence-corrected chi connectivity index (χ4v) is 11.4. The van der Waals surface area contributed by atoms with Crippen LogP contribution in [0.2, 0.25) is 0 Å². The number of aliphatic hydroxyl groups is 1. The van der Waals surface area contributed by atoms with Crippen molar-refractivity contribution in [2.75, 3.05) is 11.5 Å². The number of rotatable bonds is 8. The number of Topliss-reactive ketones (excluding diaryl/α,β-unsaturated/α-hetero) is 1. The number of benzene rings is 1. The second-order valence-corrected chi connectivity index (χ2v) is 15.7. The molecule has 0 saturated heterocycles. The fraction of sp³-hybridized carbons (Fsp3) is 0.821. The Morgan fingerprint density at radius 2 is 1.43 bits per heavy atom. The molecule has 5 heteroatoms. The van der Waals surface area contributed by atoms with Crippen LogP contribution in [0.25, 0.3) is 0 Å². The number of fused-ring (bicyclic) bond motifs is 5. The molecule has 0 aromatic heterocycles. The van der Waals surface area contributed by atoms with Crippen LogP contribution in [0.5, 0.6) is 0 Å². The van der Waals surface area contributed by atoms with E-state index in [2.05, 4.69) is 34.6 Å². The average molecular weight is 612 g/mol. The van der Waals surface area contributed by atoms with Gasteiger partial charge < -0.3 is 22.3 Å². The van der Waals surface area contributed by atoms with E-state index < -0.39 is 11.5 Å². The highest BCUT2D eigenvalue weighted by atomic mass is 16.3. The number of ketones is 1. The van der Waals surface area contributed by atoms with Gasteiger partial charge in [0.1, 0.15) is 0 Å². The minimum Gasteiger partial charge on any atom is -0.399 e. The molecule has 7 N–H and O–H groups in total. The lowest BCUT2D eigenvalue weighted by Crippen LogP contribution is -2.60. The predicted octanol–water partition coefficient (Wildman–Crippen LogP) is 9.27. The molecule has 0 radical (unpaired) electrons. The molecule has 0 amide bonds. The highest BCUT2D eigenvalue weighted by molar-refractivity contribution is 5.98. The Hall–Kier alpha value is -1.59. The van der Waals surface area contributed by atoms with Gasteiger partial charge in [-0.1, -0.05) is 68.2 Å². The summed E-state index contributed by atoms with van der Waals surface area (Å²) in [6.45, 7) is 20.0. The Balaban J connectivity index is 0.00000127. The molecule has 4 aliphatic carbocycles. The molecule has 5 nitrogen and oxygen atoms in total. The second kappa shape index (κ2) is 14.9. The molecule has 11 atom stereocenters. The van der Waals surface area contributed by atoms with Gasteiger partial charge in [-0.15, -0.1) is 0 Å². The summed E-state index contributed by atoms with van der Waals surface area (Å²) in [6, 6.07) is 5.48. The van der Waals surface area contributed by atoms with Gasteiger partial charge in [0.05, 0.1) is 6.10 Å². The molecule has 4 fully saturated rings. The number of carbonyl (C=O) groups is 1. The summed E-state index contributed by atoms with van der Waals surface area (Å²) in [5.74, 6) is 4.31. The van der Waals surface area contributed by atoms with Gasteiger partial charge in [-0.05, 0) is 129 Å². The molecule has 252 valence electrons. The number of anilines is 2. The maximum atomic E-state index is 13.6. The molecule has 0 spiro atoms. The SMILES string of the molecule is CC.CC.CC(N)CCCC(C)C1CCC2C3CCC4C(C)(CC(=O)c5cc(N)cc(N)c5)C(O)CCC4(C)C3CCC12C. The quantitative estimate of drug-likeness (QED) is 0.173. The molecular weight excluding hydrogens is 542 g/mol. The third-order valence-corrected chi connectivity index (χ3v) is 13.3. The van der Waals surface area contributed by atoms with Gasteiger partial charge in [-0.3, -0.25) is 4.79 Å². The Labute approximate surface area is 270 Å². The summed E-state index contributed by atoms with van der Waals surface area (Å²) < 4.78 is 0. The minimum absolute atomic E-state index is 0.0554. The zero-order valence-corrected chi connectivity index (χ0v) is 29.9. The topological polar surface area (TPSA) is 115 Å². The third-order valence-electron chi connectivity index (χ3n) is 13.3. The Kier molecular flexibility index (Phi) is 12.5. The molecule has 11 unspecified atom stereocenters. The van der Waals surface area contributed by atoms with Gasteiger partial charge in [0.2, 0.25) is 0 Å². The van der Waals surface area contributed by atoms with Crippen molar-refractivity contribution in [1.29, 1.82) is 0 Å².